The molecule has 1 unspecified atom stereocenters. The summed E-state index contributed by atoms with van der Waals surface area (Å²) < 4.78 is 15.4. The molecule has 3 nitrogen and oxygen atoms in total. The summed E-state index contributed by atoms with van der Waals surface area (Å²) in [7, 11) is 0. The van der Waals surface area contributed by atoms with Crippen LogP contribution < -0.4 is 5.73 Å². The molecule has 2 aromatic rings. The molecule has 1 aliphatic carbocycles. The van der Waals surface area contributed by atoms with Crippen molar-refractivity contribution in [1.29, 1.82) is 0 Å². The van der Waals surface area contributed by atoms with Crippen LogP contribution in [0.2, 0.25) is 0 Å². The standard InChI is InChI=1S/C13H16FN3/c1-8(7-15)13-16-11-6-9(14)2-5-12(11)17(13)10-3-4-10/h2,5-6,8,10H,3-4,7,15H2,1H3. The minimum atomic E-state index is -0.232. The maximum atomic E-state index is 13.2. The highest BCUT2D eigenvalue weighted by molar-refractivity contribution is 5.76. The molecule has 0 spiro atoms. The molecule has 90 valence electrons. The van der Waals surface area contributed by atoms with Gasteiger partial charge >= 0.3 is 0 Å². The lowest BCUT2D eigenvalue weighted by Gasteiger charge is -2.11. The summed E-state index contributed by atoms with van der Waals surface area (Å²) in [4.78, 5) is 4.55. The third-order valence-electron chi connectivity index (χ3n) is 3.39. The van der Waals surface area contributed by atoms with Crippen molar-refractivity contribution in [1.82, 2.24) is 9.55 Å². The molecule has 1 aromatic heterocycles. The Kier molecular flexibility index (Phi) is 2.40. The summed E-state index contributed by atoms with van der Waals surface area (Å²) in [5, 5.41) is 0. The molecule has 2 N–H and O–H groups in total. The molecule has 1 saturated carbocycles. The Morgan fingerprint density at radius 3 is 2.94 bits per heavy atom. The van der Waals surface area contributed by atoms with E-state index in [2.05, 4.69) is 16.5 Å². The Labute approximate surface area is 99.4 Å². The van der Waals surface area contributed by atoms with Gasteiger partial charge in [-0.3, -0.25) is 0 Å². The molecule has 0 saturated heterocycles. The van der Waals surface area contributed by atoms with Gasteiger partial charge in [0.25, 0.3) is 0 Å². The highest BCUT2D eigenvalue weighted by atomic mass is 19.1. The number of rotatable bonds is 3. The van der Waals surface area contributed by atoms with Crippen molar-refractivity contribution in [3.05, 3.63) is 29.8 Å². The molecule has 1 aromatic carbocycles. The predicted octanol–water partition coefficient (Wildman–Crippen LogP) is 2.57. The van der Waals surface area contributed by atoms with E-state index < -0.39 is 0 Å². The highest BCUT2D eigenvalue weighted by Gasteiger charge is 2.29. The second-order valence-corrected chi connectivity index (χ2v) is 4.84. The van der Waals surface area contributed by atoms with Crippen molar-refractivity contribution in [3.63, 3.8) is 0 Å². The lowest BCUT2D eigenvalue weighted by Crippen LogP contribution is -2.14. The van der Waals surface area contributed by atoms with Gasteiger partial charge in [-0.25, -0.2) is 9.37 Å². The maximum Gasteiger partial charge on any atom is 0.125 e. The summed E-state index contributed by atoms with van der Waals surface area (Å²) in [5.41, 5.74) is 7.49. The van der Waals surface area contributed by atoms with Gasteiger partial charge in [-0.2, -0.15) is 0 Å². The third kappa shape index (κ3) is 1.72. The first-order valence-electron chi connectivity index (χ1n) is 6.08. The first kappa shape index (κ1) is 10.7. The molecule has 1 fully saturated rings. The lowest BCUT2D eigenvalue weighted by atomic mass is 10.1. The number of fused-ring (bicyclic) bond motifs is 1. The van der Waals surface area contributed by atoms with Gasteiger partial charge < -0.3 is 10.3 Å². The molecular weight excluding hydrogens is 217 g/mol. The zero-order valence-electron chi connectivity index (χ0n) is 9.86. The Bertz CT molecular complexity index is 557. The van der Waals surface area contributed by atoms with Crippen LogP contribution in [0.4, 0.5) is 4.39 Å². The molecule has 4 heteroatoms. The second kappa shape index (κ2) is 3.81. The van der Waals surface area contributed by atoms with E-state index in [0.29, 0.717) is 12.6 Å². The zero-order chi connectivity index (χ0) is 12.0. The Balaban J connectivity index is 2.22. The summed E-state index contributed by atoms with van der Waals surface area (Å²) in [6.45, 7) is 2.63. The van der Waals surface area contributed by atoms with Crippen molar-refractivity contribution in [3.8, 4) is 0 Å². The average molecular weight is 233 g/mol. The molecule has 1 heterocycles. The van der Waals surface area contributed by atoms with Gasteiger partial charge in [-0.1, -0.05) is 6.92 Å². The van der Waals surface area contributed by atoms with E-state index in [4.69, 9.17) is 5.73 Å². The van der Waals surface area contributed by atoms with Crippen molar-refractivity contribution in [2.24, 2.45) is 5.73 Å². The van der Waals surface area contributed by atoms with Crippen molar-refractivity contribution >= 4 is 11.0 Å². The van der Waals surface area contributed by atoms with Gasteiger partial charge in [-0.15, -0.1) is 0 Å². The minimum Gasteiger partial charge on any atom is -0.330 e. The summed E-state index contributed by atoms with van der Waals surface area (Å²) in [5.74, 6) is 0.978. The van der Waals surface area contributed by atoms with Crippen LogP contribution in [0.25, 0.3) is 11.0 Å². The monoisotopic (exact) mass is 233 g/mol. The van der Waals surface area contributed by atoms with Crippen LogP contribution in [0.3, 0.4) is 0 Å². The SMILES string of the molecule is CC(CN)c1nc2cc(F)ccc2n1C1CC1. The van der Waals surface area contributed by atoms with Crippen molar-refractivity contribution in [2.45, 2.75) is 31.7 Å². The van der Waals surface area contributed by atoms with E-state index >= 15 is 0 Å². The second-order valence-electron chi connectivity index (χ2n) is 4.84. The smallest absolute Gasteiger partial charge is 0.125 e. The maximum absolute atomic E-state index is 13.2. The number of aromatic nitrogens is 2. The molecule has 17 heavy (non-hydrogen) atoms. The van der Waals surface area contributed by atoms with E-state index in [1.807, 2.05) is 6.07 Å². The van der Waals surface area contributed by atoms with Crippen LogP contribution in [0.5, 0.6) is 0 Å². The van der Waals surface area contributed by atoms with E-state index in [-0.39, 0.29) is 11.7 Å². The van der Waals surface area contributed by atoms with Crippen LogP contribution in [-0.4, -0.2) is 16.1 Å². The number of hydrogen-bond donors (Lipinski definition) is 1. The van der Waals surface area contributed by atoms with E-state index in [9.17, 15) is 4.39 Å². The number of nitrogens with zero attached hydrogens (tertiary/aromatic N) is 2. The van der Waals surface area contributed by atoms with Gasteiger partial charge in [0.15, 0.2) is 0 Å². The van der Waals surface area contributed by atoms with E-state index in [0.717, 1.165) is 16.9 Å². The van der Waals surface area contributed by atoms with Crippen LogP contribution in [0.15, 0.2) is 18.2 Å². The van der Waals surface area contributed by atoms with Gasteiger partial charge in [-0.05, 0) is 25.0 Å². The average Bonchev–Trinajstić information content (AvgIpc) is 3.09. The first-order chi connectivity index (χ1) is 8.20. The molecule has 0 aliphatic heterocycles. The number of benzene rings is 1. The largest absolute Gasteiger partial charge is 0.330 e. The number of imidazole rings is 1. The highest BCUT2D eigenvalue weighted by Crippen LogP contribution is 2.40. The third-order valence-corrected chi connectivity index (χ3v) is 3.39. The topological polar surface area (TPSA) is 43.8 Å². The van der Waals surface area contributed by atoms with Gasteiger partial charge in [0.2, 0.25) is 0 Å². The quantitative estimate of drug-likeness (QED) is 0.885. The number of hydrogen-bond acceptors (Lipinski definition) is 2. The van der Waals surface area contributed by atoms with E-state index in [1.165, 1.54) is 25.0 Å². The van der Waals surface area contributed by atoms with Crippen molar-refractivity contribution in [2.75, 3.05) is 6.54 Å². The van der Waals surface area contributed by atoms with Crippen molar-refractivity contribution < 1.29 is 4.39 Å². The summed E-state index contributed by atoms with van der Waals surface area (Å²) in [6, 6.07) is 5.36. The normalized spacial score (nSPS) is 17.6. The molecule has 0 radical (unpaired) electrons. The lowest BCUT2D eigenvalue weighted by molar-refractivity contribution is 0.627. The first-order valence-corrected chi connectivity index (χ1v) is 6.08. The fourth-order valence-corrected chi connectivity index (χ4v) is 2.26. The minimum absolute atomic E-state index is 0.214. The Morgan fingerprint density at radius 2 is 2.29 bits per heavy atom. The molecule has 1 atom stereocenters. The number of nitrogens with two attached hydrogens (primary N) is 1. The van der Waals surface area contributed by atoms with Crippen LogP contribution in [0.1, 0.15) is 37.5 Å². The van der Waals surface area contributed by atoms with Crippen LogP contribution >= 0.6 is 0 Å². The zero-order valence-corrected chi connectivity index (χ0v) is 9.86. The van der Waals surface area contributed by atoms with E-state index in [1.54, 1.807) is 0 Å². The molecule has 0 bridgehead atoms. The summed E-state index contributed by atoms with van der Waals surface area (Å²) >= 11 is 0. The van der Waals surface area contributed by atoms with Crippen LogP contribution in [0, 0.1) is 5.82 Å². The molecule has 3 rings (SSSR count). The summed E-state index contributed by atoms with van der Waals surface area (Å²) in [6.07, 6.45) is 2.38. The molecule has 1 aliphatic rings. The van der Waals surface area contributed by atoms with Gasteiger partial charge in [0.1, 0.15) is 11.6 Å². The Morgan fingerprint density at radius 1 is 1.53 bits per heavy atom. The van der Waals surface area contributed by atoms with Crippen LogP contribution in [-0.2, 0) is 0 Å². The molecule has 0 amide bonds. The number of halogens is 1. The predicted molar refractivity (Wildman–Crippen MR) is 65.4 cm³/mol. The Hall–Kier alpha value is -1.42. The fraction of sp³-hybridized carbons (Fsp3) is 0.462. The fourth-order valence-electron chi connectivity index (χ4n) is 2.26. The molecular formula is C13H16FN3. The van der Waals surface area contributed by atoms with Gasteiger partial charge in [0.05, 0.1) is 11.0 Å². The van der Waals surface area contributed by atoms with Gasteiger partial charge in [0, 0.05) is 24.6 Å².